The number of ether oxygens (including phenoxy) is 3. The van der Waals surface area contributed by atoms with Gasteiger partial charge < -0.3 is 24.8 Å². The molecule has 0 aromatic carbocycles. The van der Waals surface area contributed by atoms with Gasteiger partial charge in [0, 0.05) is 52.0 Å². The van der Waals surface area contributed by atoms with Crippen molar-refractivity contribution in [2.24, 2.45) is 4.99 Å². The number of guanidine groups is 1. The van der Waals surface area contributed by atoms with Gasteiger partial charge in [0.05, 0.1) is 25.9 Å². The second kappa shape index (κ2) is 10.2. The zero-order valence-electron chi connectivity index (χ0n) is 15.5. The van der Waals surface area contributed by atoms with Crippen molar-refractivity contribution in [2.75, 3.05) is 66.3 Å². The third-order valence-electron chi connectivity index (χ3n) is 4.63. The molecule has 2 fully saturated rings. The molecule has 0 aliphatic carbocycles. The number of hydrogen-bond acceptors (Lipinski definition) is 5. The number of aliphatic imine (C=N–C) groups is 1. The van der Waals surface area contributed by atoms with Crippen molar-refractivity contribution in [3.8, 4) is 0 Å². The molecule has 2 rings (SSSR count). The summed E-state index contributed by atoms with van der Waals surface area (Å²) in [5, 5.41) is 6.79. The summed E-state index contributed by atoms with van der Waals surface area (Å²) in [6, 6.07) is 0. The van der Waals surface area contributed by atoms with Gasteiger partial charge in [-0.05, 0) is 26.7 Å². The molecule has 7 heteroatoms. The van der Waals surface area contributed by atoms with Crippen LogP contribution in [0.3, 0.4) is 0 Å². The molecule has 0 saturated carbocycles. The molecule has 0 radical (unpaired) electrons. The zero-order chi connectivity index (χ0) is 17.3. The fourth-order valence-corrected chi connectivity index (χ4v) is 2.97. The number of nitrogens with one attached hydrogen (secondary N) is 2. The maximum atomic E-state index is 5.77. The minimum Gasteiger partial charge on any atom is -0.379 e. The average molecular weight is 342 g/mol. The Hall–Kier alpha value is -0.890. The van der Waals surface area contributed by atoms with Gasteiger partial charge in [0.1, 0.15) is 0 Å². The van der Waals surface area contributed by atoms with Crippen LogP contribution in [-0.2, 0) is 14.2 Å². The maximum absolute atomic E-state index is 5.77. The summed E-state index contributed by atoms with van der Waals surface area (Å²) >= 11 is 0. The quantitative estimate of drug-likeness (QED) is 0.379. The summed E-state index contributed by atoms with van der Waals surface area (Å²) in [5.41, 5.74) is 0.0764. The molecule has 0 amide bonds. The van der Waals surface area contributed by atoms with Crippen molar-refractivity contribution in [1.29, 1.82) is 0 Å². The molecule has 2 heterocycles. The van der Waals surface area contributed by atoms with Crippen LogP contribution in [0.5, 0.6) is 0 Å². The first-order valence-corrected chi connectivity index (χ1v) is 9.08. The van der Waals surface area contributed by atoms with Gasteiger partial charge in [-0.15, -0.1) is 0 Å². The van der Waals surface area contributed by atoms with Gasteiger partial charge in [-0.25, -0.2) is 0 Å². The third-order valence-corrected chi connectivity index (χ3v) is 4.63. The van der Waals surface area contributed by atoms with Gasteiger partial charge in [0.2, 0.25) is 0 Å². The lowest BCUT2D eigenvalue weighted by atomic mass is 10.0. The molecule has 1 unspecified atom stereocenters. The van der Waals surface area contributed by atoms with Crippen LogP contribution in [0.1, 0.15) is 26.7 Å². The molecule has 7 nitrogen and oxygen atoms in total. The zero-order valence-corrected chi connectivity index (χ0v) is 15.5. The smallest absolute Gasteiger partial charge is 0.191 e. The van der Waals surface area contributed by atoms with Gasteiger partial charge >= 0.3 is 0 Å². The highest BCUT2D eigenvalue weighted by Crippen LogP contribution is 2.15. The Balaban J connectivity index is 1.59. The lowest BCUT2D eigenvalue weighted by Crippen LogP contribution is -2.56. The van der Waals surface area contributed by atoms with Crippen molar-refractivity contribution < 1.29 is 14.2 Å². The standard InChI is InChI=1S/C17H34N4O3/c1-17(2,21-7-11-22-12-8-21)14-20-16(18-3)19-6-4-9-24-15-5-10-23-13-15/h15H,4-14H2,1-3H3,(H2,18,19,20). The van der Waals surface area contributed by atoms with Crippen LogP contribution >= 0.6 is 0 Å². The average Bonchev–Trinajstić information content (AvgIpc) is 3.11. The SMILES string of the molecule is CN=C(NCCCOC1CCOC1)NCC(C)(C)N1CCOCC1. The van der Waals surface area contributed by atoms with Gasteiger partial charge in [0.25, 0.3) is 0 Å². The predicted molar refractivity (Wildman–Crippen MR) is 95.6 cm³/mol. The first kappa shape index (κ1) is 19.4. The summed E-state index contributed by atoms with van der Waals surface area (Å²) in [4.78, 5) is 6.77. The third kappa shape index (κ3) is 6.55. The van der Waals surface area contributed by atoms with Crippen LogP contribution in [0, 0.1) is 0 Å². The maximum Gasteiger partial charge on any atom is 0.191 e. The predicted octanol–water partition coefficient (Wildman–Crippen LogP) is 0.458. The number of nitrogens with zero attached hydrogens (tertiary/aromatic N) is 2. The Labute approximate surface area is 146 Å². The van der Waals surface area contributed by atoms with E-state index >= 15 is 0 Å². The highest BCUT2D eigenvalue weighted by molar-refractivity contribution is 5.79. The molecule has 0 aromatic rings. The molecule has 1 atom stereocenters. The van der Waals surface area contributed by atoms with E-state index in [1.54, 1.807) is 0 Å². The molecule has 2 N–H and O–H groups in total. The summed E-state index contributed by atoms with van der Waals surface area (Å²) in [6.45, 7) is 12.2. The van der Waals surface area contributed by atoms with E-state index < -0.39 is 0 Å². The molecular formula is C17H34N4O3. The Morgan fingerprint density at radius 1 is 1.21 bits per heavy atom. The van der Waals surface area contributed by atoms with Gasteiger partial charge in [0.15, 0.2) is 5.96 Å². The summed E-state index contributed by atoms with van der Waals surface area (Å²) in [7, 11) is 1.81. The van der Waals surface area contributed by atoms with E-state index in [4.69, 9.17) is 14.2 Å². The highest BCUT2D eigenvalue weighted by atomic mass is 16.5. The van der Waals surface area contributed by atoms with Crippen LogP contribution in [0.25, 0.3) is 0 Å². The summed E-state index contributed by atoms with van der Waals surface area (Å²) < 4.78 is 16.5. The van der Waals surface area contributed by atoms with Crippen LogP contribution in [0.15, 0.2) is 4.99 Å². The lowest BCUT2D eigenvalue weighted by molar-refractivity contribution is -0.00834. The van der Waals surface area contributed by atoms with E-state index in [1.807, 2.05) is 7.05 Å². The molecule has 0 spiro atoms. The molecule has 0 aromatic heterocycles. The largest absolute Gasteiger partial charge is 0.379 e. The molecule has 2 aliphatic heterocycles. The van der Waals surface area contributed by atoms with Crippen molar-refractivity contribution in [2.45, 2.75) is 38.3 Å². The van der Waals surface area contributed by atoms with E-state index in [1.165, 1.54) is 0 Å². The molecule has 140 valence electrons. The van der Waals surface area contributed by atoms with Gasteiger partial charge in [-0.1, -0.05) is 0 Å². The second-order valence-electron chi connectivity index (χ2n) is 6.97. The van der Waals surface area contributed by atoms with Crippen LogP contribution < -0.4 is 10.6 Å². The van der Waals surface area contributed by atoms with Crippen molar-refractivity contribution in [1.82, 2.24) is 15.5 Å². The van der Waals surface area contributed by atoms with Crippen LogP contribution in [0.2, 0.25) is 0 Å². The van der Waals surface area contributed by atoms with E-state index in [0.717, 1.165) is 78.0 Å². The van der Waals surface area contributed by atoms with Crippen molar-refractivity contribution >= 4 is 5.96 Å². The first-order chi connectivity index (χ1) is 11.6. The monoisotopic (exact) mass is 342 g/mol. The van der Waals surface area contributed by atoms with Gasteiger partial charge in [-0.3, -0.25) is 9.89 Å². The van der Waals surface area contributed by atoms with Gasteiger partial charge in [-0.2, -0.15) is 0 Å². The Kier molecular flexibility index (Phi) is 8.24. The molecule has 0 bridgehead atoms. The molecular weight excluding hydrogens is 308 g/mol. The summed E-state index contributed by atoms with van der Waals surface area (Å²) in [6.07, 6.45) is 2.27. The molecule has 2 aliphatic rings. The molecule has 24 heavy (non-hydrogen) atoms. The first-order valence-electron chi connectivity index (χ1n) is 9.08. The second-order valence-corrected chi connectivity index (χ2v) is 6.97. The number of hydrogen-bond donors (Lipinski definition) is 2. The van der Waals surface area contributed by atoms with E-state index in [-0.39, 0.29) is 11.6 Å². The molecule has 2 saturated heterocycles. The van der Waals surface area contributed by atoms with Crippen LogP contribution in [-0.4, -0.2) is 88.8 Å². The fraction of sp³-hybridized carbons (Fsp3) is 0.941. The topological polar surface area (TPSA) is 67.4 Å². The van der Waals surface area contributed by atoms with Crippen molar-refractivity contribution in [3.63, 3.8) is 0 Å². The normalized spacial score (nSPS) is 23.5. The Morgan fingerprint density at radius 2 is 2.00 bits per heavy atom. The minimum atomic E-state index is 0.0764. The van der Waals surface area contributed by atoms with E-state index in [9.17, 15) is 0 Å². The van der Waals surface area contributed by atoms with Crippen molar-refractivity contribution in [3.05, 3.63) is 0 Å². The van der Waals surface area contributed by atoms with E-state index in [0.29, 0.717) is 0 Å². The fourth-order valence-electron chi connectivity index (χ4n) is 2.97. The Morgan fingerprint density at radius 3 is 2.67 bits per heavy atom. The minimum absolute atomic E-state index is 0.0764. The number of rotatable bonds is 8. The highest BCUT2D eigenvalue weighted by Gasteiger charge is 2.28. The Bertz CT molecular complexity index is 378. The lowest BCUT2D eigenvalue weighted by Gasteiger charge is -2.41. The van der Waals surface area contributed by atoms with Crippen LogP contribution in [0.4, 0.5) is 0 Å². The number of morpholine rings is 1. The van der Waals surface area contributed by atoms with E-state index in [2.05, 4.69) is 34.4 Å². The summed E-state index contributed by atoms with van der Waals surface area (Å²) in [5.74, 6) is 0.848.